The molecule has 1 saturated carbocycles. The zero-order chi connectivity index (χ0) is 21.8. The molecule has 2 nitrogen and oxygen atoms in total. The van der Waals surface area contributed by atoms with Crippen LogP contribution in [-0.2, 0) is 31.1 Å². The van der Waals surface area contributed by atoms with E-state index in [0.717, 1.165) is 25.7 Å². The highest BCUT2D eigenvalue weighted by Crippen LogP contribution is 2.68. The van der Waals surface area contributed by atoms with Crippen molar-refractivity contribution in [2.24, 2.45) is 11.8 Å². The Balaban J connectivity index is 1.35. The first-order chi connectivity index (χ1) is 14.9. The first-order valence-corrected chi connectivity index (χ1v) is 11.5. The average molecular weight is 451 g/mol. The Morgan fingerprint density at radius 2 is 1.71 bits per heavy atom. The van der Waals surface area contributed by atoms with Crippen LogP contribution in [0.4, 0.5) is 0 Å². The third kappa shape index (κ3) is 3.66. The van der Waals surface area contributed by atoms with Gasteiger partial charge < -0.3 is 5.11 Å². The van der Waals surface area contributed by atoms with Gasteiger partial charge >= 0.3 is 5.97 Å². The summed E-state index contributed by atoms with van der Waals surface area (Å²) in [5.41, 5.74) is 7.40. The van der Waals surface area contributed by atoms with Crippen molar-refractivity contribution >= 4 is 29.2 Å². The van der Waals surface area contributed by atoms with Gasteiger partial charge in [-0.2, -0.15) is 0 Å². The molecule has 0 aliphatic heterocycles. The summed E-state index contributed by atoms with van der Waals surface area (Å²) in [6, 6.07) is 19.8. The minimum Gasteiger partial charge on any atom is -0.478 e. The fourth-order valence-electron chi connectivity index (χ4n) is 5.81. The molecule has 31 heavy (non-hydrogen) atoms. The highest BCUT2D eigenvalue weighted by Gasteiger charge is 2.65. The third-order valence-corrected chi connectivity index (χ3v) is 7.83. The van der Waals surface area contributed by atoms with Crippen molar-refractivity contribution in [2.45, 2.75) is 38.0 Å². The topological polar surface area (TPSA) is 37.3 Å². The maximum atomic E-state index is 11.1. The van der Waals surface area contributed by atoms with Gasteiger partial charge in [0.1, 0.15) is 0 Å². The number of benzene rings is 3. The fourth-order valence-corrected chi connectivity index (χ4v) is 6.38. The normalized spacial score (nSPS) is 23.3. The quantitative estimate of drug-likeness (QED) is 0.449. The van der Waals surface area contributed by atoms with Crippen LogP contribution in [-0.4, -0.2) is 11.1 Å². The van der Waals surface area contributed by atoms with Gasteiger partial charge in [-0.1, -0.05) is 60.5 Å². The molecule has 5 rings (SSSR count). The number of hydrogen-bond donors (Lipinski definition) is 1. The van der Waals surface area contributed by atoms with Crippen LogP contribution in [0.25, 0.3) is 0 Å². The molecule has 3 atom stereocenters. The average Bonchev–Trinajstić information content (AvgIpc) is 3.12. The van der Waals surface area contributed by atoms with E-state index in [1.165, 1.54) is 22.3 Å². The van der Waals surface area contributed by atoms with Gasteiger partial charge in [0.2, 0.25) is 0 Å². The number of carbonyl (C=O) groups is 1. The van der Waals surface area contributed by atoms with Crippen molar-refractivity contribution in [3.8, 4) is 0 Å². The van der Waals surface area contributed by atoms with E-state index in [-0.39, 0.29) is 5.41 Å². The number of carboxylic acid groups (broad SMARTS) is 1. The Labute approximate surface area is 192 Å². The molecule has 0 bridgehead atoms. The van der Waals surface area contributed by atoms with E-state index in [1.807, 2.05) is 24.3 Å². The molecule has 4 heteroatoms. The van der Waals surface area contributed by atoms with Gasteiger partial charge in [-0.25, -0.2) is 4.79 Å². The third-order valence-electron chi connectivity index (χ3n) is 7.39. The molecule has 0 aromatic heterocycles. The summed E-state index contributed by atoms with van der Waals surface area (Å²) < 4.78 is 0. The maximum absolute atomic E-state index is 11.1. The van der Waals surface area contributed by atoms with Gasteiger partial charge in [-0.05, 0) is 101 Å². The van der Waals surface area contributed by atoms with Gasteiger partial charge in [0.25, 0.3) is 0 Å². The Kier molecular flexibility index (Phi) is 5.11. The van der Waals surface area contributed by atoms with E-state index in [4.69, 9.17) is 28.3 Å². The van der Waals surface area contributed by atoms with Crippen molar-refractivity contribution in [3.63, 3.8) is 0 Å². The van der Waals surface area contributed by atoms with Crippen molar-refractivity contribution < 1.29 is 9.90 Å². The van der Waals surface area contributed by atoms with Gasteiger partial charge in [-0.15, -0.1) is 0 Å². The number of halogens is 2. The molecule has 0 radical (unpaired) electrons. The number of fused-ring (bicyclic) bond motifs is 3. The second-order valence-electron chi connectivity index (χ2n) is 9.13. The molecule has 2 aliphatic carbocycles. The molecule has 158 valence electrons. The minimum atomic E-state index is -0.882. The number of carboxylic acids is 1. The van der Waals surface area contributed by atoms with Crippen LogP contribution in [0, 0.1) is 11.8 Å². The molecule has 1 N–H and O–H groups in total. The SMILES string of the molecule is CC12c3c(CCc4ccc(C(=O)O)cc4)cccc3CC1C2Cc1cc(Cl)cc(Cl)c1. The summed E-state index contributed by atoms with van der Waals surface area (Å²) in [7, 11) is 0. The van der Waals surface area contributed by atoms with Crippen LogP contribution < -0.4 is 0 Å². The smallest absolute Gasteiger partial charge is 0.335 e. The number of hydrogen-bond acceptors (Lipinski definition) is 1. The lowest BCUT2D eigenvalue weighted by Gasteiger charge is -2.19. The largest absolute Gasteiger partial charge is 0.478 e. The Morgan fingerprint density at radius 3 is 2.39 bits per heavy atom. The zero-order valence-corrected chi connectivity index (χ0v) is 18.9. The van der Waals surface area contributed by atoms with Crippen LogP contribution in [0.15, 0.2) is 60.7 Å². The van der Waals surface area contributed by atoms with Crippen LogP contribution >= 0.6 is 23.2 Å². The number of aryl methyl sites for hydroxylation is 2. The van der Waals surface area contributed by atoms with Crippen molar-refractivity contribution in [1.29, 1.82) is 0 Å². The molecule has 0 saturated heterocycles. The van der Waals surface area contributed by atoms with Crippen LogP contribution in [0.2, 0.25) is 10.0 Å². The standard InChI is InChI=1S/C27H24Cl2O2/c1-27-23(13-17-11-21(28)15-22(29)12-17)24(27)14-20-4-2-3-18(25(20)27)8-5-16-6-9-19(10-7-16)26(30)31/h2-4,6-7,9-12,15,23-24H,5,8,13-14H2,1H3,(H,30,31). The Hall–Kier alpha value is -2.29. The summed E-state index contributed by atoms with van der Waals surface area (Å²) in [4.78, 5) is 11.1. The lowest BCUT2D eigenvalue weighted by atomic mass is 9.85. The van der Waals surface area contributed by atoms with Crippen LogP contribution in [0.1, 0.15) is 45.1 Å². The van der Waals surface area contributed by atoms with Gasteiger partial charge in [0.15, 0.2) is 0 Å². The zero-order valence-electron chi connectivity index (χ0n) is 17.4. The highest BCUT2D eigenvalue weighted by molar-refractivity contribution is 6.34. The maximum Gasteiger partial charge on any atom is 0.335 e. The summed E-state index contributed by atoms with van der Waals surface area (Å²) in [5, 5.41) is 10.5. The molecular formula is C27H24Cl2O2. The molecule has 3 aromatic rings. The van der Waals surface area contributed by atoms with E-state index in [9.17, 15) is 4.79 Å². The molecule has 2 aliphatic rings. The Bertz CT molecular complexity index is 1150. The first-order valence-electron chi connectivity index (χ1n) is 10.7. The summed E-state index contributed by atoms with van der Waals surface area (Å²) in [6.07, 6.45) is 4.02. The predicted molar refractivity (Wildman–Crippen MR) is 125 cm³/mol. The van der Waals surface area contributed by atoms with E-state index in [2.05, 4.69) is 25.1 Å². The molecule has 0 heterocycles. The van der Waals surface area contributed by atoms with Gasteiger partial charge in [0.05, 0.1) is 5.56 Å². The molecule has 0 amide bonds. The van der Waals surface area contributed by atoms with E-state index >= 15 is 0 Å². The summed E-state index contributed by atoms with van der Waals surface area (Å²) in [5.74, 6) is 0.411. The summed E-state index contributed by atoms with van der Waals surface area (Å²) >= 11 is 12.5. The van der Waals surface area contributed by atoms with Gasteiger partial charge in [0, 0.05) is 10.0 Å². The molecule has 1 fully saturated rings. The molecule has 3 aromatic carbocycles. The number of aromatic carboxylic acids is 1. The first kappa shape index (κ1) is 20.6. The molecule has 3 unspecified atom stereocenters. The van der Waals surface area contributed by atoms with E-state index in [1.54, 1.807) is 23.8 Å². The number of rotatable bonds is 6. The lowest BCUT2D eigenvalue weighted by Crippen LogP contribution is -2.11. The molecular weight excluding hydrogens is 427 g/mol. The second kappa shape index (κ2) is 7.69. The van der Waals surface area contributed by atoms with Crippen molar-refractivity contribution in [1.82, 2.24) is 0 Å². The second-order valence-corrected chi connectivity index (χ2v) is 10.0. The Morgan fingerprint density at radius 1 is 1.00 bits per heavy atom. The molecule has 0 spiro atoms. The predicted octanol–water partition coefficient (Wildman–Crippen LogP) is 6.78. The van der Waals surface area contributed by atoms with Crippen LogP contribution in [0.3, 0.4) is 0 Å². The fraction of sp³-hybridized carbons (Fsp3) is 0.296. The van der Waals surface area contributed by atoms with Crippen molar-refractivity contribution in [2.75, 3.05) is 0 Å². The van der Waals surface area contributed by atoms with Crippen LogP contribution in [0.5, 0.6) is 0 Å². The van der Waals surface area contributed by atoms with E-state index < -0.39 is 5.97 Å². The minimum absolute atomic E-state index is 0.216. The summed E-state index contributed by atoms with van der Waals surface area (Å²) in [6.45, 7) is 2.42. The lowest BCUT2D eigenvalue weighted by molar-refractivity contribution is 0.0697. The monoisotopic (exact) mass is 450 g/mol. The van der Waals surface area contributed by atoms with E-state index in [0.29, 0.717) is 27.4 Å². The van der Waals surface area contributed by atoms with Crippen molar-refractivity contribution in [3.05, 3.63) is 104 Å². The van der Waals surface area contributed by atoms with Gasteiger partial charge in [-0.3, -0.25) is 0 Å². The highest BCUT2D eigenvalue weighted by atomic mass is 35.5.